The third-order valence-corrected chi connectivity index (χ3v) is 10.4. The van der Waals surface area contributed by atoms with E-state index in [9.17, 15) is 0 Å². The first kappa shape index (κ1) is 32.3. The number of furan rings is 1. The van der Waals surface area contributed by atoms with E-state index in [1.54, 1.807) is 0 Å². The van der Waals surface area contributed by atoms with E-state index in [-0.39, 0.29) is 0 Å². The lowest BCUT2D eigenvalue weighted by Crippen LogP contribution is -2.10. The summed E-state index contributed by atoms with van der Waals surface area (Å²) >= 11 is 0. The van der Waals surface area contributed by atoms with Crippen molar-refractivity contribution in [3.63, 3.8) is 0 Å². The molecule has 0 saturated heterocycles. The molecule has 0 unspecified atom stereocenters. The first-order valence-corrected chi connectivity index (χ1v) is 18.7. The average molecular weight is 705 g/mol. The third-order valence-electron chi connectivity index (χ3n) is 10.4. The van der Waals surface area contributed by atoms with Gasteiger partial charge in [-0.2, -0.15) is 0 Å². The number of benzene rings is 9. The summed E-state index contributed by atoms with van der Waals surface area (Å²) in [6.07, 6.45) is 0. The van der Waals surface area contributed by atoms with E-state index >= 15 is 0 Å². The summed E-state index contributed by atoms with van der Waals surface area (Å²) in [5.74, 6) is 0. The second-order valence-electron chi connectivity index (χ2n) is 13.8. The van der Waals surface area contributed by atoms with Crippen LogP contribution in [0.1, 0.15) is 0 Å². The molecule has 0 N–H and O–H groups in total. The van der Waals surface area contributed by atoms with Crippen molar-refractivity contribution in [1.29, 1.82) is 0 Å². The van der Waals surface area contributed by atoms with Crippen LogP contribution in [0.4, 0.5) is 34.1 Å². The van der Waals surface area contributed by atoms with Crippen LogP contribution < -0.4 is 9.80 Å². The Hall–Kier alpha value is -7.36. The fraction of sp³-hybridized carbons (Fsp3) is 0. The lowest BCUT2D eigenvalue weighted by molar-refractivity contribution is 0.669. The summed E-state index contributed by atoms with van der Waals surface area (Å²) in [7, 11) is 0. The van der Waals surface area contributed by atoms with Crippen LogP contribution in [-0.2, 0) is 0 Å². The number of anilines is 6. The Morgan fingerprint density at radius 1 is 0.273 bits per heavy atom. The molecule has 0 fully saturated rings. The van der Waals surface area contributed by atoms with Crippen molar-refractivity contribution >= 4 is 66.8 Å². The molecule has 1 aromatic heterocycles. The van der Waals surface area contributed by atoms with E-state index in [4.69, 9.17) is 4.42 Å². The highest BCUT2D eigenvalue weighted by atomic mass is 16.3. The molecule has 260 valence electrons. The zero-order chi connectivity index (χ0) is 36.6. The van der Waals surface area contributed by atoms with Gasteiger partial charge in [0.15, 0.2) is 0 Å². The molecule has 9 aromatic carbocycles. The predicted octanol–water partition coefficient (Wildman–Crippen LogP) is 15.0. The summed E-state index contributed by atoms with van der Waals surface area (Å²) in [5.41, 5.74) is 12.8. The van der Waals surface area contributed by atoms with Crippen molar-refractivity contribution in [2.45, 2.75) is 0 Å². The van der Waals surface area contributed by atoms with Gasteiger partial charge in [0.1, 0.15) is 11.2 Å². The van der Waals surface area contributed by atoms with Crippen molar-refractivity contribution < 1.29 is 4.42 Å². The van der Waals surface area contributed by atoms with Gasteiger partial charge in [-0.3, -0.25) is 0 Å². The molecule has 0 bridgehead atoms. The number of nitrogens with zero attached hydrogens (tertiary/aromatic N) is 2. The number of para-hydroxylation sites is 2. The smallest absolute Gasteiger partial charge is 0.138 e. The Morgan fingerprint density at radius 2 is 0.727 bits per heavy atom. The molecule has 3 nitrogen and oxygen atoms in total. The first-order chi connectivity index (χ1) is 27.3. The van der Waals surface area contributed by atoms with Gasteiger partial charge >= 0.3 is 0 Å². The molecule has 1 heterocycles. The molecular weight excluding hydrogens is 669 g/mol. The van der Waals surface area contributed by atoms with Gasteiger partial charge in [0.2, 0.25) is 0 Å². The molecule has 0 aliphatic carbocycles. The Kier molecular flexibility index (Phi) is 8.16. The second-order valence-corrected chi connectivity index (χ2v) is 13.8. The maximum absolute atomic E-state index is 6.79. The molecule has 10 rings (SSSR count). The molecule has 3 heteroatoms. The van der Waals surface area contributed by atoms with E-state index in [0.717, 1.165) is 72.4 Å². The average Bonchev–Trinajstić information content (AvgIpc) is 3.64. The molecule has 0 amide bonds. The minimum atomic E-state index is 0.846. The molecule has 0 radical (unpaired) electrons. The molecule has 10 aromatic rings. The van der Waals surface area contributed by atoms with Gasteiger partial charge in [0.05, 0.1) is 5.69 Å². The molecule has 0 atom stereocenters. The SMILES string of the molecule is c1ccc(-c2cccc(N(c3ccccc3)c3ccc4oc5cc(N(c6ccccc6)c6cccc(-c7ccccc7)c6)c6ccccc6c5c4c3)c2)cc1. The quantitative estimate of drug-likeness (QED) is 0.157. The Balaban J connectivity index is 1.17. The zero-order valence-electron chi connectivity index (χ0n) is 30.1. The van der Waals surface area contributed by atoms with Gasteiger partial charge in [0.25, 0.3) is 0 Å². The predicted molar refractivity (Wildman–Crippen MR) is 231 cm³/mol. The van der Waals surface area contributed by atoms with Crippen LogP contribution in [0.25, 0.3) is 55.0 Å². The van der Waals surface area contributed by atoms with Crippen molar-refractivity contribution in [3.05, 3.63) is 218 Å². The summed E-state index contributed by atoms with van der Waals surface area (Å²) in [6.45, 7) is 0. The van der Waals surface area contributed by atoms with Crippen LogP contribution >= 0.6 is 0 Å². The van der Waals surface area contributed by atoms with E-state index in [1.807, 2.05) is 0 Å². The highest BCUT2D eigenvalue weighted by molar-refractivity contribution is 6.23. The Morgan fingerprint density at radius 3 is 1.33 bits per heavy atom. The normalized spacial score (nSPS) is 11.3. The van der Waals surface area contributed by atoms with Crippen molar-refractivity contribution in [3.8, 4) is 22.3 Å². The number of rotatable bonds is 8. The summed E-state index contributed by atoms with van der Waals surface area (Å²) < 4.78 is 6.79. The van der Waals surface area contributed by atoms with Crippen molar-refractivity contribution in [1.82, 2.24) is 0 Å². The largest absolute Gasteiger partial charge is 0.456 e. The maximum atomic E-state index is 6.79. The lowest BCUT2D eigenvalue weighted by Gasteiger charge is -2.27. The van der Waals surface area contributed by atoms with Gasteiger partial charge in [-0.15, -0.1) is 0 Å². The highest BCUT2D eigenvalue weighted by Gasteiger charge is 2.22. The lowest BCUT2D eigenvalue weighted by atomic mass is 9.99. The molecule has 0 aliphatic heterocycles. The van der Waals surface area contributed by atoms with Crippen LogP contribution in [0.5, 0.6) is 0 Å². The van der Waals surface area contributed by atoms with Crippen molar-refractivity contribution in [2.24, 2.45) is 0 Å². The minimum Gasteiger partial charge on any atom is -0.456 e. The van der Waals surface area contributed by atoms with Gasteiger partial charge < -0.3 is 14.2 Å². The minimum absolute atomic E-state index is 0.846. The van der Waals surface area contributed by atoms with Crippen LogP contribution in [0.3, 0.4) is 0 Å². The number of fused-ring (bicyclic) bond motifs is 5. The molecule has 55 heavy (non-hydrogen) atoms. The van der Waals surface area contributed by atoms with Gasteiger partial charge in [-0.1, -0.05) is 146 Å². The number of hydrogen-bond donors (Lipinski definition) is 0. The maximum Gasteiger partial charge on any atom is 0.138 e. The van der Waals surface area contributed by atoms with Crippen LogP contribution in [-0.4, -0.2) is 0 Å². The van der Waals surface area contributed by atoms with Crippen molar-refractivity contribution in [2.75, 3.05) is 9.80 Å². The Labute approximate surface area is 320 Å². The van der Waals surface area contributed by atoms with Crippen LogP contribution in [0.2, 0.25) is 0 Å². The monoisotopic (exact) mass is 704 g/mol. The molecule has 0 aliphatic rings. The standard InChI is InChI=1S/C52H36N2O/c1-5-17-37(18-6-1)39-21-15-27-43(33-39)53(41-23-9-3-10-24-41)45-31-32-50-48(35-45)52-47-30-14-13-29-46(47)49(36-51(52)55-50)54(42-25-11-4-12-26-42)44-28-16-22-40(34-44)38-19-7-2-8-20-38/h1-36H. The number of hydrogen-bond acceptors (Lipinski definition) is 3. The third kappa shape index (κ3) is 5.98. The second kappa shape index (κ2) is 13.9. The highest BCUT2D eigenvalue weighted by Crippen LogP contribution is 2.46. The Bertz CT molecular complexity index is 2920. The van der Waals surface area contributed by atoms with E-state index < -0.39 is 0 Å². The molecular formula is C52H36N2O. The molecule has 0 spiro atoms. The molecule has 0 saturated carbocycles. The fourth-order valence-corrected chi connectivity index (χ4v) is 7.87. The van der Waals surface area contributed by atoms with E-state index in [0.29, 0.717) is 0 Å². The summed E-state index contributed by atoms with van der Waals surface area (Å²) in [5, 5.41) is 4.47. The zero-order valence-corrected chi connectivity index (χ0v) is 30.1. The first-order valence-electron chi connectivity index (χ1n) is 18.7. The van der Waals surface area contributed by atoms with E-state index in [1.165, 1.54) is 16.7 Å². The topological polar surface area (TPSA) is 19.6 Å². The summed E-state index contributed by atoms with van der Waals surface area (Å²) in [4.78, 5) is 4.68. The van der Waals surface area contributed by atoms with Gasteiger partial charge in [-0.25, -0.2) is 0 Å². The van der Waals surface area contributed by atoms with Gasteiger partial charge in [-0.05, 0) is 94.4 Å². The fourth-order valence-electron chi connectivity index (χ4n) is 7.87. The summed E-state index contributed by atoms with van der Waals surface area (Å²) in [6, 6.07) is 77.4. The van der Waals surface area contributed by atoms with Crippen LogP contribution in [0.15, 0.2) is 223 Å². The van der Waals surface area contributed by atoms with Crippen LogP contribution in [0, 0.1) is 0 Å². The van der Waals surface area contributed by atoms with E-state index in [2.05, 4.69) is 228 Å². The van der Waals surface area contributed by atoms with Gasteiger partial charge in [0, 0.05) is 50.7 Å².